The molecule has 0 saturated carbocycles. The third kappa shape index (κ3) is 8.21. The van der Waals surface area contributed by atoms with Crippen LogP contribution in [-0.2, 0) is 19.6 Å². The first-order valence-electron chi connectivity index (χ1n) is 4.53. The molecule has 0 aromatic heterocycles. The molecule has 0 bridgehead atoms. The molecule has 0 aliphatic rings. The Hall–Kier alpha value is 0.380. The van der Waals surface area contributed by atoms with Crippen molar-refractivity contribution >= 4 is 16.1 Å². The van der Waals surface area contributed by atoms with Crippen LogP contribution in [0.4, 0.5) is 0 Å². The fourth-order valence-corrected chi connectivity index (χ4v) is 1.91. The molecule has 0 amide bonds. The first kappa shape index (κ1) is 17.8. The van der Waals surface area contributed by atoms with Crippen LogP contribution in [0.3, 0.4) is 0 Å². The Morgan fingerprint density at radius 2 is 2.00 bits per heavy atom. The number of hydrogen-bond acceptors (Lipinski definition) is 4. The van der Waals surface area contributed by atoms with Gasteiger partial charge in [0.15, 0.2) is 0 Å². The second-order valence-corrected chi connectivity index (χ2v) is 4.59. The Bertz CT molecular complexity index is 280. The van der Waals surface area contributed by atoms with Crippen molar-refractivity contribution in [1.82, 2.24) is 0 Å². The molecule has 1 atom stereocenters. The van der Waals surface area contributed by atoms with Crippen molar-refractivity contribution in [2.75, 3.05) is 6.61 Å². The van der Waals surface area contributed by atoms with Crippen molar-refractivity contribution in [3.63, 3.8) is 0 Å². The van der Waals surface area contributed by atoms with Gasteiger partial charge in [0.2, 0.25) is 0 Å². The van der Waals surface area contributed by atoms with Crippen LogP contribution >= 0.6 is 0 Å². The molecule has 86 valence electrons. The number of carbonyl (C=O) groups excluding carboxylic acids is 1. The van der Waals surface area contributed by atoms with Crippen LogP contribution in [0.15, 0.2) is 0 Å². The first-order chi connectivity index (χ1) is 6.41. The molecule has 1 unspecified atom stereocenters. The van der Waals surface area contributed by atoms with E-state index < -0.39 is 21.3 Å². The summed E-state index contributed by atoms with van der Waals surface area (Å²) in [4.78, 5) is 10.9. The van der Waals surface area contributed by atoms with E-state index in [0.717, 1.165) is 0 Å². The second-order valence-electron chi connectivity index (χ2n) is 2.89. The maximum atomic E-state index is 10.9. The Kier molecular flexibility index (Phi) is 10.1. The summed E-state index contributed by atoms with van der Waals surface area (Å²) in [5.74, 6) is -0.436. The number of hydrogen-bond donors (Lipinski definition) is 1. The Morgan fingerprint density at radius 1 is 1.47 bits per heavy atom. The molecular weight excluding hydrogens is 231 g/mol. The number of ether oxygens (including phenoxy) is 1. The van der Waals surface area contributed by atoms with E-state index in [1.54, 1.807) is 13.8 Å². The van der Waals surface area contributed by atoms with Crippen LogP contribution in [0, 0.1) is 0 Å². The Balaban J connectivity index is -0.000000845. The van der Waals surface area contributed by atoms with Gasteiger partial charge in [0.1, 0.15) is 0 Å². The second kappa shape index (κ2) is 8.52. The maximum absolute atomic E-state index is 10.9. The fraction of sp³-hybridized carbons (Fsp3) is 0.875. The van der Waals surface area contributed by atoms with Gasteiger partial charge in [-0.15, -0.1) is 0 Å². The van der Waals surface area contributed by atoms with Crippen molar-refractivity contribution in [1.29, 1.82) is 0 Å². The van der Waals surface area contributed by atoms with E-state index in [0.29, 0.717) is 0 Å². The maximum Gasteiger partial charge on any atom is 1.00 e. The number of carbonyl (C=O) groups is 1. The molecule has 0 aromatic rings. The monoisotopic (exact) mass is 248 g/mol. The molecule has 0 rings (SSSR count). The third-order valence-corrected chi connectivity index (χ3v) is 3.26. The van der Waals surface area contributed by atoms with Gasteiger partial charge >= 0.3 is 35.5 Å². The van der Waals surface area contributed by atoms with E-state index in [4.69, 9.17) is 4.55 Å². The Labute approximate surface area is 114 Å². The zero-order valence-corrected chi connectivity index (χ0v) is 12.2. The van der Waals surface area contributed by atoms with Gasteiger partial charge in [-0.05, 0) is 19.8 Å². The molecule has 1 N–H and O–H groups in total. The van der Waals surface area contributed by atoms with Crippen LogP contribution in [0.2, 0.25) is 0 Å². The van der Waals surface area contributed by atoms with Gasteiger partial charge in [-0.1, -0.05) is 6.92 Å². The van der Waals surface area contributed by atoms with Crippen molar-refractivity contribution in [3.05, 3.63) is 0 Å². The summed E-state index contributed by atoms with van der Waals surface area (Å²) in [5, 5.41) is -0.869. The predicted molar refractivity (Wildman–Crippen MR) is 52.6 cm³/mol. The van der Waals surface area contributed by atoms with Crippen LogP contribution in [0.25, 0.3) is 0 Å². The molecule has 0 aliphatic heterocycles. The quantitative estimate of drug-likeness (QED) is 0.338. The van der Waals surface area contributed by atoms with Gasteiger partial charge < -0.3 is 6.16 Å². The minimum Gasteiger partial charge on any atom is -1.00 e. The molecule has 5 nitrogen and oxygen atoms in total. The first-order valence-corrected chi connectivity index (χ1v) is 6.04. The van der Waals surface area contributed by atoms with Crippen molar-refractivity contribution < 1.29 is 53.5 Å². The summed E-state index contributed by atoms with van der Waals surface area (Å²) in [7, 11) is -4.03. The van der Waals surface area contributed by atoms with E-state index in [1.807, 2.05) is 0 Å². The average Bonchev–Trinajstić information content (AvgIpc) is 2.03. The van der Waals surface area contributed by atoms with E-state index in [1.165, 1.54) is 0 Å². The summed E-state index contributed by atoms with van der Waals surface area (Å²) in [5.41, 5.74) is 0. The SMILES string of the molecule is CCOC(=O)CCC(CC)S(=O)(=O)O.[H-].[Na+]. The molecule has 15 heavy (non-hydrogen) atoms. The van der Waals surface area contributed by atoms with Gasteiger partial charge in [-0.2, -0.15) is 8.42 Å². The molecular formula is C8H17NaO5S. The van der Waals surface area contributed by atoms with E-state index in [2.05, 4.69) is 4.74 Å². The smallest absolute Gasteiger partial charge is 1.00 e. The molecule has 0 spiro atoms. The predicted octanol–water partition coefficient (Wildman–Crippen LogP) is -1.89. The minimum atomic E-state index is -4.03. The van der Waals surface area contributed by atoms with Crippen LogP contribution in [-0.4, -0.2) is 30.8 Å². The van der Waals surface area contributed by atoms with Crippen molar-refractivity contribution in [2.45, 2.75) is 38.4 Å². The molecule has 0 radical (unpaired) electrons. The van der Waals surface area contributed by atoms with Crippen molar-refractivity contribution in [3.8, 4) is 0 Å². The minimum absolute atomic E-state index is 0. The molecule has 0 heterocycles. The summed E-state index contributed by atoms with van der Waals surface area (Å²) >= 11 is 0. The summed E-state index contributed by atoms with van der Waals surface area (Å²) in [6, 6.07) is 0. The molecule has 0 aromatic carbocycles. The van der Waals surface area contributed by atoms with Crippen LogP contribution in [0.5, 0.6) is 0 Å². The normalized spacial score (nSPS) is 12.7. The average molecular weight is 248 g/mol. The van der Waals surface area contributed by atoms with Gasteiger partial charge in [0, 0.05) is 6.42 Å². The largest absolute Gasteiger partial charge is 1.00 e. The Morgan fingerprint density at radius 3 is 2.33 bits per heavy atom. The van der Waals surface area contributed by atoms with Crippen molar-refractivity contribution in [2.24, 2.45) is 0 Å². The third-order valence-electron chi connectivity index (χ3n) is 1.85. The van der Waals surface area contributed by atoms with Gasteiger partial charge in [-0.25, -0.2) is 0 Å². The van der Waals surface area contributed by atoms with Gasteiger partial charge in [-0.3, -0.25) is 9.35 Å². The molecule has 7 heteroatoms. The zero-order valence-electron chi connectivity index (χ0n) is 10.4. The van der Waals surface area contributed by atoms with Crippen LogP contribution in [0.1, 0.15) is 34.5 Å². The van der Waals surface area contributed by atoms with Crippen LogP contribution < -0.4 is 29.6 Å². The molecule has 0 fully saturated rings. The molecule has 0 saturated heterocycles. The van der Waals surface area contributed by atoms with Gasteiger partial charge in [0.25, 0.3) is 10.1 Å². The van der Waals surface area contributed by atoms with E-state index in [-0.39, 0.29) is 56.9 Å². The summed E-state index contributed by atoms with van der Waals surface area (Å²) < 4.78 is 34.8. The fourth-order valence-electron chi connectivity index (χ4n) is 1.08. The summed E-state index contributed by atoms with van der Waals surface area (Å²) in [6.45, 7) is 3.60. The standard InChI is InChI=1S/C8H16O5S.Na.H/c1-3-7(14(10,11)12)5-6-8(9)13-4-2;;/h7H,3-6H2,1-2H3,(H,10,11,12);;/q;+1;-1. The number of rotatable bonds is 6. The topological polar surface area (TPSA) is 80.7 Å². The van der Waals surface area contributed by atoms with E-state index >= 15 is 0 Å². The zero-order chi connectivity index (χ0) is 11.2. The van der Waals surface area contributed by atoms with Gasteiger partial charge in [0.05, 0.1) is 11.9 Å². The molecule has 0 aliphatic carbocycles. The summed E-state index contributed by atoms with van der Waals surface area (Å²) in [6.07, 6.45) is 0.415. The number of esters is 1. The van der Waals surface area contributed by atoms with E-state index in [9.17, 15) is 13.2 Å².